The van der Waals surface area contributed by atoms with E-state index in [1.807, 2.05) is 62.4 Å². The number of carbonyl (C=O) groups is 2. The predicted octanol–water partition coefficient (Wildman–Crippen LogP) is 3.47. The fourth-order valence-electron chi connectivity index (χ4n) is 2.61. The summed E-state index contributed by atoms with van der Waals surface area (Å²) in [6, 6.07) is 15.2. The highest BCUT2D eigenvalue weighted by Gasteiger charge is 2.08. The molecule has 0 saturated carbocycles. The molecule has 0 radical (unpaired) electrons. The van der Waals surface area contributed by atoms with Crippen LogP contribution in [0.3, 0.4) is 0 Å². The van der Waals surface area contributed by atoms with Gasteiger partial charge in [0.1, 0.15) is 0 Å². The van der Waals surface area contributed by atoms with Crippen molar-refractivity contribution in [3.8, 4) is 0 Å². The van der Waals surface area contributed by atoms with Crippen LogP contribution in [-0.2, 0) is 17.9 Å². The molecule has 8 heteroatoms. The van der Waals surface area contributed by atoms with Crippen molar-refractivity contribution in [2.75, 3.05) is 26.5 Å². The van der Waals surface area contributed by atoms with Crippen molar-refractivity contribution in [3.63, 3.8) is 0 Å². The first-order valence-electron chi connectivity index (χ1n) is 9.95. The summed E-state index contributed by atoms with van der Waals surface area (Å²) in [4.78, 5) is 29.5. The predicted molar refractivity (Wildman–Crippen MR) is 137 cm³/mol. The van der Waals surface area contributed by atoms with Crippen LogP contribution in [-0.4, -0.2) is 43.8 Å². The normalized spacial score (nSPS) is 10.8. The minimum Gasteiger partial charge on any atom is -0.352 e. The highest BCUT2D eigenvalue weighted by atomic mass is 127. The van der Waals surface area contributed by atoms with Gasteiger partial charge in [0.2, 0.25) is 5.91 Å². The van der Waals surface area contributed by atoms with Crippen LogP contribution in [0.4, 0.5) is 5.69 Å². The van der Waals surface area contributed by atoms with E-state index in [1.54, 1.807) is 26.0 Å². The molecule has 0 aliphatic carbocycles. The number of halogens is 1. The first-order valence-corrected chi connectivity index (χ1v) is 9.95. The number of nitrogens with one attached hydrogen (secondary N) is 3. The lowest BCUT2D eigenvalue weighted by Crippen LogP contribution is -2.36. The highest BCUT2D eigenvalue weighted by molar-refractivity contribution is 14.0. The molecular formula is C23H32IN5O2. The number of hydrogen-bond donors (Lipinski definition) is 3. The van der Waals surface area contributed by atoms with Crippen LogP contribution in [0.1, 0.15) is 35.3 Å². The third-order valence-electron chi connectivity index (χ3n) is 4.50. The largest absolute Gasteiger partial charge is 0.352 e. The van der Waals surface area contributed by atoms with E-state index in [0.717, 1.165) is 16.8 Å². The molecule has 0 unspecified atom stereocenters. The second kappa shape index (κ2) is 12.9. The molecule has 2 aromatic rings. The first kappa shape index (κ1) is 26.4. The Kier molecular flexibility index (Phi) is 11.0. The maximum absolute atomic E-state index is 12.0. The maximum Gasteiger partial charge on any atom is 0.253 e. The Morgan fingerprint density at radius 2 is 1.39 bits per heavy atom. The van der Waals surface area contributed by atoms with Gasteiger partial charge in [-0.3, -0.25) is 14.6 Å². The fourth-order valence-corrected chi connectivity index (χ4v) is 2.61. The molecule has 0 atom stereocenters. The lowest BCUT2D eigenvalue weighted by Gasteiger charge is -2.13. The summed E-state index contributed by atoms with van der Waals surface area (Å²) < 4.78 is 0. The fraction of sp³-hybridized carbons (Fsp3) is 0.348. The van der Waals surface area contributed by atoms with Gasteiger partial charge < -0.3 is 20.9 Å². The molecular weight excluding hydrogens is 505 g/mol. The Hall–Kier alpha value is -2.62. The van der Waals surface area contributed by atoms with E-state index in [1.165, 1.54) is 0 Å². The Morgan fingerprint density at radius 1 is 0.903 bits per heavy atom. The van der Waals surface area contributed by atoms with E-state index in [2.05, 4.69) is 20.9 Å². The van der Waals surface area contributed by atoms with E-state index < -0.39 is 0 Å². The number of guanidine groups is 1. The lowest BCUT2D eigenvalue weighted by molar-refractivity contribution is -0.118. The topological polar surface area (TPSA) is 85.8 Å². The third kappa shape index (κ3) is 8.56. The molecule has 3 N–H and O–H groups in total. The highest BCUT2D eigenvalue weighted by Crippen LogP contribution is 2.11. The van der Waals surface area contributed by atoms with Gasteiger partial charge in [0, 0.05) is 51.4 Å². The summed E-state index contributed by atoms with van der Waals surface area (Å²) in [6.07, 6.45) is 0. The second-order valence-electron chi connectivity index (χ2n) is 7.52. The molecule has 7 nitrogen and oxygen atoms in total. The third-order valence-corrected chi connectivity index (χ3v) is 4.50. The van der Waals surface area contributed by atoms with E-state index in [9.17, 15) is 9.59 Å². The smallest absolute Gasteiger partial charge is 0.253 e. The van der Waals surface area contributed by atoms with Gasteiger partial charge in [-0.05, 0) is 35.4 Å². The van der Waals surface area contributed by atoms with Crippen LogP contribution < -0.4 is 16.0 Å². The molecule has 0 heterocycles. The van der Waals surface area contributed by atoms with Crippen molar-refractivity contribution in [2.24, 2.45) is 10.9 Å². The summed E-state index contributed by atoms with van der Waals surface area (Å²) in [5.41, 5.74) is 3.58. The summed E-state index contributed by atoms with van der Waals surface area (Å²) in [7, 11) is 5.20. The van der Waals surface area contributed by atoms with E-state index >= 15 is 0 Å². The Morgan fingerprint density at radius 3 is 1.81 bits per heavy atom. The molecule has 31 heavy (non-hydrogen) atoms. The number of amides is 2. The van der Waals surface area contributed by atoms with Crippen LogP contribution >= 0.6 is 24.0 Å². The second-order valence-corrected chi connectivity index (χ2v) is 7.52. The Labute approximate surface area is 201 Å². The molecule has 0 saturated heterocycles. The molecule has 2 aromatic carbocycles. The molecule has 0 aliphatic heterocycles. The van der Waals surface area contributed by atoms with E-state index in [4.69, 9.17) is 0 Å². The average Bonchev–Trinajstić information content (AvgIpc) is 2.74. The molecule has 0 aliphatic rings. The summed E-state index contributed by atoms with van der Waals surface area (Å²) in [6.45, 7) is 4.93. The number of nitrogens with zero attached hydrogens (tertiary/aromatic N) is 2. The van der Waals surface area contributed by atoms with Gasteiger partial charge in [0.15, 0.2) is 5.96 Å². The van der Waals surface area contributed by atoms with Crippen LogP contribution in [0, 0.1) is 5.92 Å². The molecule has 2 rings (SSSR count). The zero-order chi connectivity index (χ0) is 22.1. The molecule has 0 fully saturated rings. The van der Waals surface area contributed by atoms with Crippen molar-refractivity contribution in [1.82, 2.24) is 15.5 Å². The Bertz CT molecular complexity index is 878. The number of benzene rings is 2. The number of anilines is 1. The molecule has 0 spiro atoms. The van der Waals surface area contributed by atoms with Crippen LogP contribution in [0.2, 0.25) is 0 Å². The van der Waals surface area contributed by atoms with Gasteiger partial charge in [0.25, 0.3) is 5.91 Å². The number of hydrogen-bond acceptors (Lipinski definition) is 3. The summed E-state index contributed by atoms with van der Waals surface area (Å²) >= 11 is 0. The molecule has 0 bridgehead atoms. The van der Waals surface area contributed by atoms with E-state index in [-0.39, 0.29) is 41.7 Å². The van der Waals surface area contributed by atoms with Gasteiger partial charge in [0.05, 0.1) is 0 Å². The van der Waals surface area contributed by atoms with Crippen molar-refractivity contribution < 1.29 is 9.59 Å². The summed E-state index contributed by atoms with van der Waals surface area (Å²) in [5, 5.41) is 9.41. The van der Waals surface area contributed by atoms with Gasteiger partial charge in [-0.2, -0.15) is 0 Å². The van der Waals surface area contributed by atoms with Crippen molar-refractivity contribution in [2.45, 2.75) is 26.9 Å². The SMILES string of the molecule is CN=C(NCc1ccc(NC(=O)C(C)C)cc1)NCc1ccc(C(=O)N(C)C)cc1.I. The van der Waals surface area contributed by atoms with Crippen LogP contribution in [0.5, 0.6) is 0 Å². The maximum atomic E-state index is 12.0. The first-order chi connectivity index (χ1) is 14.3. The summed E-state index contributed by atoms with van der Waals surface area (Å²) in [5.74, 6) is 0.623. The van der Waals surface area contributed by atoms with Crippen LogP contribution in [0.25, 0.3) is 0 Å². The minimum absolute atomic E-state index is 0. The monoisotopic (exact) mass is 537 g/mol. The zero-order valence-corrected chi connectivity index (χ0v) is 21.1. The molecule has 2 amide bonds. The number of rotatable bonds is 7. The van der Waals surface area contributed by atoms with Gasteiger partial charge in [-0.25, -0.2) is 0 Å². The number of aliphatic imine (C=N–C) groups is 1. The standard InChI is InChI=1S/C23H31N5O2.HI/c1-16(2)21(29)27-20-12-8-18(9-13-20)15-26-23(24-3)25-14-17-6-10-19(11-7-17)22(30)28(4)5;/h6-13,16H,14-15H2,1-5H3,(H,27,29)(H2,24,25,26);1H. The van der Waals surface area contributed by atoms with Crippen molar-refractivity contribution >= 4 is 47.4 Å². The lowest BCUT2D eigenvalue weighted by atomic mass is 10.1. The molecule has 168 valence electrons. The van der Waals surface area contributed by atoms with Crippen molar-refractivity contribution in [3.05, 3.63) is 65.2 Å². The van der Waals surface area contributed by atoms with Crippen molar-refractivity contribution in [1.29, 1.82) is 0 Å². The van der Waals surface area contributed by atoms with Gasteiger partial charge >= 0.3 is 0 Å². The van der Waals surface area contributed by atoms with Gasteiger partial charge in [-0.15, -0.1) is 24.0 Å². The Balaban J connectivity index is 0.00000480. The quantitative estimate of drug-likeness (QED) is 0.287. The number of carbonyl (C=O) groups excluding carboxylic acids is 2. The molecule has 0 aromatic heterocycles. The minimum atomic E-state index is -0.0505. The average molecular weight is 537 g/mol. The van der Waals surface area contributed by atoms with Crippen LogP contribution in [0.15, 0.2) is 53.5 Å². The zero-order valence-electron chi connectivity index (χ0n) is 18.7. The van der Waals surface area contributed by atoms with E-state index in [0.29, 0.717) is 24.6 Å². The van der Waals surface area contributed by atoms with Gasteiger partial charge in [-0.1, -0.05) is 38.1 Å².